The zero-order valence-corrected chi connectivity index (χ0v) is 5.86. The number of rotatable bonds is 0. The number of H-pyrrole nitrogens is 2. The standard InChI is InChI=1S/2C3H4N2.H2O/c2*1-2-5-3-4-1;/h2*1-3H,(H,4,5);1H2. The Morgan fingerprint density at radius 3 is 1.36 bits per heavy atom. The van der Waals surface area contributed by atoms with Crippen LogP contribution in [-0.2, 0) is 0 Å². The summed E-state index contributed by atoms with van der Waals surface area (Å²) in [5, 5.41) is 0. The summed E-state index contributed by atoms with van der Waals surface area (Å²) in [5.74, 6) is 0. The Morgan fingerprint density at radius 2 is 1.27 bits per heavy atom. The first-order valence-corrected chi connectivity index (χ1v) is 2.85. The molecule has 4 N–H and O–H groups in total. The lowest BCUT2D eigenvalue weighted by molar-refractivity contribution is 0.824. The molecule has 0 amide bonds. The summed E-state index contributed by atoms with van der Waals surface area (Å²) in [6, 6.07) is 0. The molecule has 0 saturated heterocycles. The summed E-state index contributed by atoms with van der Waals surface area (Å²) in [7, 11) is 0. The molecule has 2 rings (SSSR count). The number of aromatic amines is 2. The molecule has 0 aliphatic rings. The Kier molecular flexibility index (Phi) is 5.54. The van der Waals surface area contributed by atoms with E-state index >= 15 is 0 Å². The maximum absolute atomic E-state index is 3.67. The van der Waals surface area contributed by atoms with Crippen LogP contribution in [0.2, 0.25) is 0 Å². The zero-order valence-electron chi connectivity index (χ0n) is 5.86. The summed E-state index contributed by atoms with van der Waals surface area (Å²) in [6.07, 6.45) is 10.2. The van der Waals surface area contributed by atoms with E-state index in [2.05, 4.69) is 19.9 Å². The molecule has 60 valence electrons. The Hall–Kier alpha value is -1.62. The normalized spacial score (nSPS) is 7.27. The average Bonchev–Trinajstić information content (AvgIpc) is 2.67. The molecular weight excluding hydrogens is 144 g/mol. The van der Waals surface area contributed by atoms with Crippen molar-refractivity contribution in [2.45, 2.75) is 0 Å². The second-order valence-electron chi connectivity index (χ2n) is 1.52. The molecular formula is C6H10N4O. The molecule has 0 unspecified atom stereocenters. The third-order valence-corrected chi connectivity index (χ3v) is 0.812. The number of nitrogens with zero attached hydrogens (tertiary/aromatic N) is 2. The van der Waals surface area contributed by atoms with Crippen molar-refractivity contribution in [1.29, 1.82) is 0 Å². The summed E-state index contributed by atoms with van der Waals surface area (Å²) >= 11 is 0. The van der Waals surface area contributed by atoms with E-state index < -0.39 is 0 Å². The quantitative estimate of drug-likeness (QED) is 0.559. The smallest absolute Gasteiger partial charge is 0.0919 e. The molecule has 5 heteroatoms. The van der Waals surface area contributed by atoms with Gasteiger partial charge >= 0.3 is 0 Å². The van der Waals surface area contributed by atoms with Crippen LogP contribution in [0.25, 0.3) is 0 Å². The Morgan fingerprint density at radius 1 is 0.818 bits per heavy atom. The fourth-order valence-electron chi connectivity index (χ4n) is 0.430. The third kappa shape index (κ3) is 4.86. The number of nitrogens with one attached hydrogen (secondary N) is 2. The van der Waals surface area contributed by atoms with Gasteiger partial charge in [0.1, 0.15) is 0 Å². The van der Waals surface area contributed by atoms with Gasteiger partial charge in [-0.25, -0.2) is 9.97 Å². The summed E-state index contributed by atoms with van der Waals surface area (Å²) in [6.45, 7) is 0. The second kappa shape index (κ2) is 6.50. The van der Waals surface area contributed by atoms with Gasteiger partial charge in [0, 0.05) is 24.8 Å². The van der Waals surface area contributed by atoms with Crippen LogP contribution < -0.4 is 0 Å². The van der Waals surface area contributed by atoms with Gasteiger partial charge in [0.15, 0.2) is 0 Å². The van der Waals surface area contributed by atoms with Crippen LogP contribution in [0.5, 0.6) is 0 Å². The lowest BCUT2D eigenvalue weighted by Crippen LogP contribution is -1.44. The van der Waals surface area contributed by atoms with E-state index in [1.807, 2.05) is 0 Å². The first kappa shape index (κ1) is 9.38. The van der Waals surface area contributed by atoms with Gasteiger partial charge in [-0.3, -0.25) is 0 Å². The second-order valence-corrected chi connectivity index (χ2v) is 1.52. The number of imidazole rings is 2. The molecule has 0 radical (unpaired) electrons. The lowest BCUT2D eigenvalue weighted by Gasteiger charge is -1.46. The molecule has 0 spiro atoms. The van der Waals surface area contributed by atoms with Crippen molar-refractivity contribution in [3.05, 3.63) is 37.4 Å². The van der Waals surface area contributed by atoms with Crippen molar-refractivity contribution in [3.8, 4) is 0 Å². The molecule has 5 nitrogen and oxygen atoms in total. The highest BCUT2D eigenvalue weighted by molar-refractivity contribution is 4.65. The van der Waals surface area contributed by atoms with Crippen LogP contribution in [0.4, 0.5) is 0 Å². The van der Waals surface area contributed by atoms with Gasteiger partial charge in [-0.1, -0.05) is 0 Å². The number of hydrogen-bond acceptors (Lipinski definition) is 2. The predicted molar refractivity (Wildman–Crippen MR) is 40.8 cm³/mol. The minimum atomic E-state index is 0. The van der Waals surface area contributed by atoms with Crippen LogP contribution in [0.3, 0.4) is 0 Å². The van der Waals surface area contributed by atoms with E-state index in [-0.39, 0.29) is 5.48 Å². The van der Waals surface area contributed by atoms with E-state index in [1.165, 1.54) is 0 Å². The summed E-state index contributed by atoms with van der Waals surface area (Å²) in [5.41, 5.74) is 0. The van der Waals surface area contributed by atoms with Crippen LogP contribution in [0, 0.1) is 0 Å². The number of aromatic nitrogens is 4. The Balaban J connectivity index is 0.000000167. The maximum atomic E-state index is 3.67. The van der Waals surface area contributed by atoms with Crippen LogP contribution in [0.15, 0.2) is 37.4 Å². The molecule has 0 aliphatic carbocycles. The van der Waals surface area contributed by atoms with Crippen molar-refractivity contribution in [3.63, 3.8) is 0 Å². The van der Waals surface area contributed by atoms with Crippen LogP contribution in [0.1, 0.15) is 0 Å². The molecule has 2 heterocycles. The maximum Gasteiger partial charge on any atom is 0.0919 e. The number of hydrogen-bond donors (Lipinski definition) is 2. The highest BCUT2D eigenvalue weighted by atomic mass is 16.0. The van der Waals surface area contributed by atoms with Crippen molar-refractivity contribution < 1.29 is 5.48 Å². The van der Waals surface area contributed by atoms with Crippen molar-refractivity contribution in [2.24, 2.45) is 0 Å². The van der Waals surface area contributed by atoms with Gasteiger partial charge in [0.25, 0.3) is 0 Å². The molecule has 2 aromatic rings. The van der Waals surface area contributed by atoms with E-state index in [4.69, 9.17) is 0 Å². The van der Waals surface area contributed by atoms with Gasteiger partial charge in [-0.05, 0) is 0 Å². The summed E-state index contributed by atoms with van der Waals surface area (Å²) < 4.78 is 0. The molecule has 0 bridgehead atoms. The third-order valence-electron chi connectivity index (χ3n) is 0.812. The highest BCUT2D eigenvalue weighted by Crippen LogP contribution is 1.63. The average molecular weight is 154 g/mol. The van der Waals surface area contributed by atoms with Crippen LogP contribution >= 0.6 is 0 Å². The van der Waals surface area contributed by atoms with E-state index in [1.54, 1.807) is 37.4 Å². The molecule has 0 aromatic carbocycles. The van der Waals surface area contributed by atoms with Gasteiger partial charge in [-0.2, -0.15) is 0 Å². The van der Waals surface area contributed by atoms with Gasteiger partial charge in [0.05, 0.1) is 12.7 Å². The topological polar surface area (TPSA) is 88.9 Å². The van der Waals surface area contributed by atoms with Crippen LogP contribution in [-0.4, -0.2) is 25.4 Å². The van der Waals surface area contributed by atoms with Crippen molar-refractivity contribution >= 4 is 0 Å². The fraction of sp³-hybridized carbons (Fsp3) is 0. The molecule has 0 saturated carbocycles. The van der Waals surface area contributed by atoms with Crippen molar-refractivity contribution in [1.82, 2.24) is 19.9 Å². The molecule has 0 aliphatic heterocycles. The zero-order chi connectivity index (χ0) is 7.07. The fourth-order valence-corrected chi connectivity index (χ4v) is 0.430. The SMILES string of the molecule is O.c1c[nH]cn1.c1c[nH]cn1. The first-order chi connectivity index (χ1) is 5.00. The first-order valence-electron chi connectivity index (χ1n) is 2.85. The predicted octanol–water partition coefficient (Wildman–Crippen LogP) is -0.00530. The minimum Gasteiger partial charge on any atom is -0.412 e. The summed E-state index contributed by atoms with van der Waals surface area (Å²) in [4.78, 5) is 12.8. The molecule has 0 fully saturated rings. The Labute approximate surface area is 63.8 Å². The van der Waals surface area contributed by atoms with E-state index in [0.29, 0.717) is 0 Å². The lowest BCUT2D eigenvalue weighted by atomic mass is 11.0. The molecule has 0 atom stereocenters. The van der Waals surface area contributed by atoms with Gasteiger partial charge in [0.2, 0.25) is 0 Å². The molecule has 2 aromatic heterocycles. The minimum absolute atomic E-state index is 0. The van der Waals surface area contributed by atoms with Gasteiger partial charge < -0.3 is 15.4 Å². The highest BCUT2D eigenvalue weighted by Gasteiger charge is 1.56. The monoisotopic (exact) mass is 154 g/mol. The largest absolute Gasteiger partial charge is 0.412 e. The Bertz CT molecular complexity index is 154. The van der Waals surface area contributed by atoms with Crippen molar-refractivity contribution in [2.75, 3.05) is 0 Å². The van der Waals surface area contributed by atoms with E-state index in [0.717, 1.165) is 0 Å². The van der Waals surface area contributed by atoms with Gasteiger partial charge in [-0.15, -0.1) is 0 Å². The van der Waals surface area contributed by atoms with E-state index in [9.17, 15) is 0 Å². The molecule has 11 heavy (non-hydrogen) atoms.